The first kappa shape index (κ1) is 12.9. The van der Waals surface area contributed by atoms with Gasteiger partial charge in [-0.1, -0.05) is 6.07 Å². The molecule has 0 atom stereocenters. The first-order valence-electron chi connectivity index (χ1n) is 6.41. The minimum atomic E-state index is -0.263. The Bertz CT molecular complexity index is 749. The molecule has 0 radical (unpaired) electrons. The van der Waals surface area contributed by atoms with Crippen LogP contribution in [-0.2, 0) is 0 Å². The summed E-state index contributed by atoms with van der Waals surface area (Å²) in [6, 6.07) is 13.6. The topological polar surface area (TPSA) is 67.2 Å². The van der Waals surface area contributed by atoms with E-state index in [4.69, 9.17) is 0 Å². The van der Waals surface area contributed by atoms with Crippen LogP contribution in [0.25, 0.3) is 5.69 Å². The summed E-state index contributed by atoms with van der Waals surface area (Å²) in [5, 5.41) is 12.2. The highest BCUT2D eigenvalue weighted by Crippen LogP contribution is 2.16. The number of aromatic hydroxyl groups is 1. The maximum atomic E-state index is 12.0. The third-order valence-corrected chi connectivity index (χ3v) is 3.04. The van der Waals surface area contributed by atoms with Crippen LogP contribution in [0.1, 0.15) is 10.4 Å². The molecule has 104 valence electrons. The molecular formula is C16H13N3O2. The number of imidazole rings is 1. The van der Waals surface area contributed by atoms with E-state index in [0.717, 1.165) is 5.69 Å². The predicted molar refractivity (Wildman–Crippen MR) is 79.6 cm³/mol. The van der Waals surface area contributed by atoms with Crippen molar-refractivity contribution in [1.82, 2.24) is 9.55 Å². The highest BCUT2D eigenvalue weighted by Gasteiger charge is 2.06. The Balaban J connectivity index is 1.75. The van der Waals surface area contributed by atoms with Gasteiger partial charge in [0, 0.05) is 29.3 Å². The molecule has 1 aromatic heterocycles. The maximum Gasteiger partial charge on any atom is 0.255 e. The summed E-state index contributed by atoms with van der Waals surface area (Å²) in [7, 11) is 0. The molecule has 0 unspecified atom stereocenters. The summed E-state index contributed by atoms with van der Waals surface area (Å²) in [5.74, 6) is -0.195. The molecule has 0 aliphatic heterocycles. The van der Waals surface area contributed by atoms with Gasteiger partial charge in [-0.05, 0) is 42.5 Å². The van der Waals surface area contributed by atoms with E-state index >= 15 is 0 Å². The molecule has 0 fully saturated rings. The number of carbonyl (C=O) groups is 1. The molecule has 0 spiro atoms. The molecule has 5 heteroatoms. The normalized spacial score (nSPS) is 10.3. The summed E-state index contributed by atoms with van der Waals surface area (Å²) < 4.78 is 1.88. The number of anilines is 1. The first-order valence-corrected chi connectivity index (χ1v) is 6.41. The van der Waals surface area contributed by atoms with E-state index in [9.17, 15) is 9.90 Å². The monoisotopic (exact) mass is 279 g/mol. The zero-order chi connectivity index (χ0) is 14.7. The van der Waals surface area contributed by atoms with Gasteiger partial charge in [0.1, 0.15) is 5.75 Å². The number of amides is 1. The van der Waals surface area contributed by atoms with Crippen molar-refractivity contribution in [2.24, 2.45) is 0 Å². The zero-order valence-corrected chi connectivity index (χ0v) is 11.1. The molecule has 0 bridgehead atoms. The van der Waals surface area contributed by atoms with Gasteiger partial charge < -0.3 is 15.0 Å². The van der Waals surface area contributed by atoms with E-state index in [-0.39, 0.29) is 11.7 Å². The van der Waals surface area contributed by atoms with Gasteiger partial charge in [0.15, 0.2) is 0 Å². The van der Waals surface area contributed by atoms with Crippen LogP contribution in [-0.4, -0.2) is 20.6 Å². The minimum absolute atomic E-state index is 0.0677. The van der Waals surface area contributed by atoms with Crippen molar-refractivity contribution < 1.29 is 9.90 Å². The summed E-state index contributed by atoms with van der Waals surface area (Å²) >= 11 is 0. The third-order valence-electron chi connectivity index (χ3n) is 3.04. The molecule has 2 aromatic carbocycles. The highest BCUT2D eigenvalue weighted by atomic mass is 16.3. The number of hydrogen-bond acceptors (Lipinski definition) is 3. The SMILES string of the molecule is O=C(Nc1ccc(-n2ccnc2)cc1)c1cccc(O)c1. The Morgan fingerprint density at radius 3 is 2.62 bits per heavy atom. The van der Waals surface area contributed by atoms with Gasteiger partial charge in [-0.15, -0.1) is 0 Å². The Hall–Kier alpha value is -3.08. The summed E-state index contributed by atoms with van der Waals surface area (Å²) in [6.45, 7) is 0. The number of nitrogens with zero attached hydrogens (tertiary/aromatic N) is 2. The molecule has 1 heterocycles. The molecule has 2 N–H and O–H groups in total. The molecule has 0 aliphatic rings. The van der Waals surface area contributed by atoms with Crippen LogP contribution in [0.4, 0.5) is 5.69 Å². The van der Waals surface area contributed by atoms with Crippen molar-refractivity contribution in [3.8, 4) is 11.4 Å². The van der Waals surface area contributed by atoms with Crippen LogP contribution in [0, 0.1) is 0 Å². The van der Waals surface area contributed by atoms with E-state index in [1.165, 1.54) is 12.1 Å². The summed E-state index contributed by atoms with van der Waals surface area (Å²) in [6.07, 6.45) is 5.26. The second-order valence-corrected chi connectivity index (χ2v) is 4.52. The lowest BCUT2D eigenvalue weighted by atomic mass is 10.2. The van der Waals surface area contributed by atoms with Gasteiger partial charge in [-0.25, -0.2) is 4.98 Å². The largest absolute Gasteiger partial charge is 0.508 e. The van der Waals surface area contributed by atoms with E-state index < -0.39 is 0 Å². The number of phenolic OH excluding ortho intramolecular Hbond substituents is 1. The van der Waals surface area contributed by atoms with Gasteiger partial charge in [0.05, 0.1) is 6.33 Å². The molecule has 3 rings (SSSR count). The standard InChI is InChI=1S/C16H13N3O2/c20-15-3-1-2-12(10-15)16(21)18-13-4-6-14(7-5-13)19-9-8-17-11-19/h1-11,20H,(H,18,21). The fourth-order valence-corrected chi connectivity index (χ4v) is 1.98. The van der Waals surface area contributed by atoms with Gasteiger partial charge >= 0.3 is 0 Å². The maximum absolute atomic E-state index is 12.0. The molecule has 21 heavy (non-hydrogen) atoms. The van der Waals surface area contributed by atoms with Crippen LogP contribution in [0.15, 0.2) is 67.3 Å². The second-order valence-electron chi connectivity index (χ2n) is 4.52. The minimum Gasteiger partial charge on any atom is -0.508 e. The van der Waals surface area contributed by atoms with Crippen molar-refractivity contribution >= 4 is 11.6 Å². The van der Waals surface area contributed by atoms with Crippen LogP contribution in [0.2, 0.25) is 0 Å². The van der Waals surface area contributed by atoms with Crippen LogP contribution < -0.4 is 5.32 Å². The molecule has 0 aliphatic carbocycles. The molecule has 1 amide bonds. The van der Waals surface area contributed by atoms with Crippen LogP contribution in [0.3, 0.4) is 0 Å². The molecule has 5 nitrogen and oxygen atoms in total. The Morgan fingerprint density at radius 1 is 1.14 bits per heavy atom. The fourth-order valence-electron chi connectivity index (χ4n) is 1.98. The number of rotatable bonds is 3. The van der Waals surface area contributed by atoms with Crippen LogP contribution in [0.5, 0.6) is 5.75 Å². The van der Waals surface area contributed by atoms with Gasteiger partial charge in [0.2, 0.25) is 0 Å². The van der Waals surface area contributed by atoms with Gasteiger partial charge in [-0.3, -0.25) is 4.79 Å². The van der Waals surface area contributed by atoms with Crippen molar-refractivity contribution in [2.75, 3.05) is 5.32 Å². The van der Waals surface area contributed by atoms with E-state index in [0.29, 0.717) is 11.3 Å². The first-order chi connectivity index (χ1) is 10.2. The number of hydrogen-bond donors (Lipinski definition) is 2. The molecule has 3 aromatic rings. The number of phenols is 1. The van der Waals surface area contributed by atoms with Gasteiger partial charge in [0.25, 0.3) is 5.91 Å². The third kappa shape index (κ3) is 2.92. The van der Waals surface area contributed by atoms with Crippen molar-refractivity contribution in [3.05, 3.63) is 72.8 Å². The Kier molecular flexibility index (Phi) is 3.39. The van der Waals surface area contributed by atoms with Crippen molar-refractivity contribution in [2.45, 2.75) is 0 Å². The van der Waals surface area contributed by atoms with Crippen molar-refractivity contribution in [1.29, 1.82) is 0 Å². The van der Waals surface area contributed by atoms with E-state index in [2.05, 4.69) is 10.3 Å². The summed E-state index contributed by atoms with van der Waals surface area (Å²) in [5.41, 5.74) is 2.06. The molecular weight excluding hydrogens is 266 g/mol. The van der Waals surface area contributed by atoms with E-state index in [1.807, 2.05) is 35.0 Å². The molecule has 0 saturated heterocycles. The average Bonchev–Trinajstić information content (AvgIpc) is 3.02. The Morgan fingerprint density at radius 2 is 1.95 bits per heavy atom. The number of aromatic nitrogens is 2. The summed E-state index contributed by atoms with van der Waals surface area (Å²) in [4.78, 5) is 16.0. The highest BCUT2D eigenvalue weighted by molar-refractivity contribution is 6.04. The second kappa shape index (κ2) is 5.50. The van der Waals surface area contributed by atoms with Gasteiger partial charge in [-0.2, -0.15) is 0 Å². The average molecular weight is 279 g/mol. The van der Waals surface area contributed by atoms with Crippen molar-refractivity contribution in [3.63, 3.8) is 0 Å². The number of carbonyl (C=O) groups excluding carboxylic acids is 1. The molecule has 0 saturated carbocycles. The number of benzene rings is 2. The quantitative estimate of drug-likeness (QED) is 0.774. The zero-order valence-electron chi connectivity index (χ0n) is 11.1. The predicted octanol–water partition coefficient (Wildman–Crippen LogP) is 2.83. The fraction of sp³-hybridized carbons (Fsp3) is 0. The lowest BCUT2D eigenvalue weighted by molar-refractivity contribution is 0.102. The smallest absolute Gasteiger partial charge is 0.255 e. The number of nitrogens with one attached hydrogen (secondary N) is 1. The Labute approximate surface area is 121 Å². The van der Waals surface area contributed by atoms with E-state index in [1.54, 1.807) is 24.7 Å². The van der Waals surface area contributed by atoms with Crippen LogP contribution >= 0.6 is 0 Å². The lowest BCUT2D eigenvalue weighted by Gasteiger charge is -2.07. The lowest BCUT2D eigenvalue weighted by Crippen LogP contribution is -2.11.